The fourth-order valence-corrected chi connectivity index (χ4v) is 1.82. The van der Waals surface area contributed by atoms with E-state index >= 15 is 0 Å². The Balaban J connectivity index is 2.63. The lowest BCUT2D eigenvalue weighted by atomic mass is 10.1. The van der Waals surface area contributed by atoms with Gasteiger partial charge in [0.15, 0.2) is 0 Å². The normalized spacial score (nSPS) is 11.0. The van der Waals surface area contributed by atoms with Gasteiger partial charge >= 0.3 is 5.97 Å². The van der Waals surface area contributed by atoms with E-state index in [9.17, 15) is 9.18 Å². The van der Waals surface area contributed by atoms with Gasteiger partial charge in [0.25, 0.3) is 5.82 Å². The van der Waals surface area contributed by atoms with Crippen molar-refractivity contribution in [3.63, 3.8) is 0 Å². The molecule has 0 unspecified atom stereocenters. The third-order valence-electron chi connectivity index (χ3n) is 2.73. The molecule has 0 saturated heterocycles. The summed E-state index contributed by atoms with van der Waals surface area (Å²) in [5.41, 5.74) is 1.30. The van der Waals surface area contributed by atoms with Gasteiger partial charge in [0.1, 0.15) is 11.6 Å². The van der Waals surface area contributed by atoms with Crippen molar-refractivity contribution in [2.75, 3.05) is 0 Å². The minimum Gasteiger partial charge on any atom is -0.475 e. The number of aromatic carboxylic acids is 1. The molecule has 2 aromatic rings. The van der Waals surface area contributed by atoms with Crippen LogP contribution in [0.3, 0.4) is 0 Å². The van der Waals surface area contributed by atoms with Crippen molar-refractivity contribution < 1.29 is 14.3 Å². The topological polar surface area (TPSA) is 68.0 Å². The fourth-order valence-electron chi connectivity index (χ4n) is 1.82. The monoisotopic (exact) mass is 263 g/mol. The molecule has 0 radical (unpaired) electrons. The van der Waals surface area contributed by atoms with Crippen LogP contribution in [0.15, 0.2) is 18.2 Å². The van der Waals surface area contributed by atoms with E-state index in [1.54, 1.807) is 13.0 Å². The number of hydrogen-bond acceptors (Lipinski definition) is 3. The molecule has 19 heavy (non-hydrogen) atoms. The summed E-state index contributed by atoms with van der Waals surface area (Å²) in [4.78, 5) is 15.0. The van der Waals surface area contributed by atoms with Crippen LogP contribution < -0.4 is 0 Å². The van der Waals surface area contributed by atoms with Crippen molar-refractivity contribution in [3.05, 3.63) is 41.2 Å². The summed E-state index contributed by atoms with van der Waals surface area (Å²) in [6.07, 6.45) is 0. The number of hydrogen-bond donors (Lipinski definition) is 1. The van der Waals surface area contributed by atoms with Crippen molar-refractivity contribution in [1.82, 2.24) is 14.8 Å². The lowest BCUT2D eigenvalue weighted by Gasteiger charge is -2.10. The van der Waals surface area contributed by atoms with Gasteiger partial charge in [-0.3, -0.25) is 0 Å². The Labute approximate surface area is 109 Å². The number of aromatic nitrogens is 3. The average molecular weight is 263 g/mol. The zero-order valence-electron chi connectivity index (χ0n) is 10.9. The highest BCUT2D eigenvalue weighted by molar-refractivity contribution is 5.83. The van der Waals surface area contributed by atoms with Crippen molar-refractivity contribution in [3.8, 4) is 5.69 Å². The second-order valence-corrected chi connectivity index (χ2v) is 4.60. The zero-order chi connectivity index (χ0) is 14.2. The van der Waals surface area contributed by atoms with Gasteiger partial charge in [0, 0.05) is 5.92 Å². The Morgan fingerprint density at radius 1 is 1.42 bits per heavy atom. The van der Waals surface area contributed by atoms with E-state index < -0.39 is 5.97 Å². The molecule has 1 aromatic heterocycles. The summed E-state index contributed by atoms with van der Waals surface area (Å²) in [6, 6.07) is 4.26. The first-order valence-electron chi connectivity index (χ1n) is 5.87. The first-order chi connectivity index (χ1) is 8.90. The van der Waals surface area contributed by atoms with Gasteiger partial charge in [-0.25, -0.2) is 18.9 Å². The van der Waals surface area contributed by atoms with Gasteiger partial charge < -0.3 is 5.11 Å². The molecule has 0 saturated carbocycles. The molecule has 0 aliphatic rings. The molecule has 5 nitrogen and oxygen atoms in total. The van der Waals surface area contributed by atoms with Crippen LogP contribution in [0.5, 0.6) is 0 Å². The van der Waals surface area contributed by atoms with Crippen LogP contribution in [0, 0.1) is 12.7 Å². The van der Waals surface area contributed by atoms with E-state index in [-0.39, 0.29) is 17.6 Å². The molecule has 1 N–H and O–H groups in total. The number of rotatable bonds is 3. The number of carboxylic acid groups (broad SMARTS) is 1. The molecule has 0 amide bonds. The highest BCUT2D eigenvalue weighted by Crippen LogP contribution is 2.20. The summed E-state index contributed by atoms with van der Waals surface area (Å²) in [7, 11) is 0. The third kappa shape index (κ3) is 2.47. The van der Waals surface area contributed by atoms with Gasteiger partial charge in [-0.15, -0.1) is 5.10 Å². The highest BCUT2D eigenvalue weighted by Gasteiger charge is 2.19. The van der Waals surface area contributed by atoms with E-state index in [0.29, 0.717) is 17.1 Å². The highest BCUT2D eigenvalue weighted by atomic mass is 19.1. The third-order valence-corrected chi connectivity index (χ3v) is 2.73. The predicted molar refractivity (Wildman–Crippen MR) is 67.1 cm³/mol. The first kappa shape index (κ1) is 13.2. The van der Waals surface area contributed by atoms with E-state index in [4.69, 9.17) is 5.11 Å². The standard InChI is InChI=1S/C13H14FN3O2/c1-7(2)12-15-11(13(18)19)16-17(12)10-5-4-9(14)6-8(10)3/h4-7H,1-3H3,(H,18,19). The van der Waals surface area contributed by atoms with Crippen molar-refractivity contribution in [2.24, 2.45) is 0 Å². The van der Waals surface area contributed by atoms with Crippen LogP contribution in [0.4, 0.5) is 4.39 Å². The Hall–Kier alpha value is -2.24. The quantitative estimate of drug-likeness (QED) is 0.924. The van der Waals surface area contributed by atoms with Crippen LogP contribution in [0.1, 0.15) is 41.8 Å². The maximum atomic E-state index is 13.1. The summed E-state index contributed by atoms with van der Waals surface area (Å²) in [5, 5.41) is 12.9. The Bertz CT molecular complexity index is 635. The molecule has 6 heteroatoms. The van der Waals surface area contributed by atoms with Crippen LogP contribution in [-0.4, -0.2) is 25.8 Å². The number of aryl methyl sites for hydroxylation is 1. The fraction of sp³-hybridized carbons (Fsp3) is 0.308. The maximum absolute atomic E-state index is 13.1. The first-order valence-corrected chi connectivity index (χ1v) is 5.87. The van der Waals surface area contributed by atoms with Crippen molar-refractivity contribution >= 4 is 5.97 Å². The Morgan fingerprint density at radius 2 is 2.11 bits per heavy atom. The van der Waals surface area contributed by atoms with Gasteiger partial charge in [0.2, 0.25) is 0 Å². The maximum Gasteiger partial charge on any atom is 0.375 e. The lowest BCUT2D eigenvalue weighted by Crippen LogP contribution is -2.07. The smallest absolute Gasteiger partial charge is 0.375 e. The molecular formula is C13H14FN3O2. The molecule has 0 aliphatic carbocycles. The molecule has 0 bridgehead atoms. The number of nitrogens with zero attached hydrogens (tertiary/aromatic N) is 3. The summed E-state index contributed by atoms with van der Waals surface area (Å²) in [6.45, 7) is 5.53. The predicted octanol–water partition coefficient (Wildman–Crippen LogP) is 2.54. The zero-order valence-corrected chi connectivity index (χ0v) is 10.9. The second kappa shape index (κ2) is 4.79. The van der Waals surface area contributed by atoms with Crippen molar-refractivity contribution in [2.45, 2.75) is 26.7 Å². The molecule has 0 atom stereocenters. The van der Waals surface area contributed by atoms with Crippen LogP contribution in [0.2, 0.25) is 0 Å². The van der Waals surface area contributed by atoms with Crippen LogP contribution >= 0.6 is 0 Å². The van der Waals surface area contributed by atoms with Gasteiger partial charge in [-0.2, -0.15) is 0 Å². The van der Waals surface area contributed by atoms with E-state index in [1.807, 2.05) is 13.8 Å². The molecule has 0 spiro atoms. The van der Waals surface area contributed by atoms with E-state index in [0.717, 1.165) is 0 Å². The molecule has 2 rings (SSSR count). The molecule has 100 valence electrons. The minimum absolute atomic E-state index is 0.00468. The van der Waals surface area contributed by atoms with Gasteiger partial charge in [-0.05, 0) is 30.7 Å². The van der Waals surface area contributed by atoms with Gasteiger partial charge in [0.05, 0.1) is 5.69 Å². The minimum atomic E-state index is -1.18. The van der Waals surface area contributed by atoms with Crippen LogP contribution in [-0.2, 0) is 0 Å². The largest absolute Gasteiger partial charge is 0.475 e. The Morgan fingerprint density at radius 3 is 2.63 bits per heavy atom. The average Bonchev–Trinajstić information content (AvgIpc) is 2.73. The SMILES string of the molecule is Cc1cc(F)ccc1-n1nc(C(=O)O)nc1C(C)C. The summed E-state index contributed by atoms with van der Waals surface area (Å²) < 4.78 is 14.6. The number of carbonyl (C=O) groups is 1. The van der Waals surface area contributed by atoms with Crippen LogP contribution in [0.25, 0.3) is 5.69 Å². The molecule has 1 heterocycles. The van der Waals surface area contributed by atoms with E-state index in [2.05, 4.69) is 10.1 Å². The summed E-state index contributed by atoms with van der Waals surface area (Å²) in [5.74, 6) is -1.24. The van der Waals surface area contributed by atoms with Gasteiger partial charge in [-0.1, -0.05) is 13.8 Å². The molecular weight excluding hydrogens is 249 g/mol. The summed E-state index contributed by atoms with van der Waals surface area (Å²) >= 11 is 0. The Kier molecular flexibility index (Phi) is 3.33. The number of halogens is 1. The molecule has 0 fully saturated rings. The second-order valence-electron chi connectivity index (χ2n) is 4.60. The van der Waals surface area contributed by atoms with E-state index in [1.165, 1.54) is 16.8 Å². The lowest BCUT2D eigenvalue weighted by molar-refractivity contribution is 0.0683. The van der Waals surface area contributed by atoms with Crippen molar-refractivity contribution in [1.29, 1.82) is 0 Å². The number of carboxylic acids is 1. The molecule has 1 aromatic carbocycles. The molecule has 0 aliphatic heterocycles. The number of benzene rings is 1.